The average Bonchev–Trinajstić information content (AvgIpc) is 3.17. The maximum absolute atomic E-state index is 11.5. The van der Waals surface area contributed by atoms with Gasteiger partial charge in [-0.3, -0.25) is 4.79 Å². The minimum atomic E-state index is -0.562. The first kappa shape index (κ1) is 17.0. The van der Waals surface area contributed by atoms with E-state index in [0.29, 0.717) is 28.7 Å². The van der Waals surface area contributed by atoms with E-state index >= 15 is 0 Å². The molecule has 0 atom stereocenters. The van der Waals surface area contributed by atoms with Crippen LogP contribution in [-0.4, -0.2) is 25.5 Å². The van der Waals surface area contributed by atoms with E-state index in [9.17, 15) is 4.79 Å². The van der Waals surface area contributed by atoms with E-state index in [0.717, 1.165) is 16.8 Å². The number of carbonyl (C=O) groups is 1. The first-order valence-corrected chi connectivity index (χ1v) is 8.39. The van der Waals surface area contributed by atoms with Gasteiger partial charge in [0, 0.05) is 17.3 Å². The third-order valence-electron chi connectivity index (χ3n) is 3.99. The number of pyridine rings is 2. The number of benzene rings is 1. The molecule has 0 aliphatic carbocycles. The van der Waals surface area contributed by atoms with Crippen LogP contribution in [0.1, 0.15) is 15.9 Å². The predicted octanol–water partition coefficient (Wildman–Crippen LogP) is 2.92. The van der Waals surface area contributed by atoms with Gasteiger partial charge in [-0.1, -0.05) is 17.7 Å². The standard InChI is InChI=1S/C19H13ClN5O2/c20-17-8-1-12(9-22-17)10-27-14-4-2-13(3-5-14)16-7-6-15(18(21)26)19-23-11-24-25(16)19/h1-9H,10H2,(H2,21,26). The normalized spacial score (nSPS) is 10.9. The molecule has 3 aromatic heterocycles. The number of hydrogen-bond donors (Lipinski definition) is 1. The highest BCUT2D eigenvalue weighted by atomic mass is 35.5. The second-order valence-electron chi connectivity index (χ2n) is 5.75. The largest absolute Gasteiger partial charge is 0.489 e. The Labute approximate surface area is 159 Å². The van der Waals surface area contributed by atoms with E-state index in [1.165, 1.54) is 4.52 Å². The molecule has 0 unspecified atom stereocenters. The van der Waals surface area contributed by atoms with Gasteiger partial charge in [-0.2, -0.15) is 0 Å². The smallest absolute Gasteiger partial charge is 0.252 e. The number of rotatable bonds is 5. The molecule has 0 saturated carbocycles. The van der Waals surface area contributed by atoms with Crippen molar-refractivity contribution in [3.05, 3.63) is 77.3 Å². The molecule has 1 radical (unpaired) electrons. The Bertz CT molecular complexity index is 1110. The minimum absolute atomic E-state index is 0.295. The Kier molecular flexibility index (Phi) is 4.43. The van der Waals surface area contributed by atoms with Gasteiger partial charge in [0.2, 0.25) is 6.33 Å². The summed E-state index contributed by atoms with van der Waals surface area (Å²) in [4.78, 5) is 19.5. The number of carbonyl (C=O) groups excluding carboxylic acids is 1. The van der Waals surface area contributed by atoms with Crippen LogP contribution in [0.25, 0.3) is 16.9 Å². The quantitative estimate of drug-likeness (QED) is 0.539. The van der Waals surface area contributed by atoms with Crippen molar-refractivity contribution in [2.24, 2.45) is 5.73 Å². The number of hydrogen-bond acceptors (Lipinski definition) is 5. The van der Waals surface area contributed by atoms with Gasteiger partial charge in [-0.15, -0.1) is 5.10 Å². The van der Waals surface area contributed by atoms with Crippen molar-refractivity contribution in [2.45, 2.75) is 6.61 Å². The number of fused-ring (bicyclic) bond motifs is 1. The number of amides is 1. The topological polar surface area (TPSA) is 95.4 Å². The molecule has 0 aliphatic heterocycles. The second kappa shape index (κ2) is 7.05. The molecule has 0 saturated heterocycles. The van der Waals surface area contributed by atoms with Crippen LogP contribution in [0.2, 0.25) is 5.15 Å². The summed E-state index contributed by atoms with van der Waals surface area (Å²) in [6.45, 7) is 0.388. The highest BCUT2D eigenvalue weighted by molar-refractivity contribution is 6.29. The predicted molar refractivity (Wildman–Crippen MR) is 99.4 cm³/mol. The van der Waals surface area contributed by atoms with Crippen LogP contribution in [0.5, 0.6) is 5.75 Å². The molecular weight excluding hydrogens is 366 g/mol. The van der Waals surface area contributed by atoms with Gasteiger partial charge in [0.25, 0.3) is 5.91 Å². The van der Waals surface area contributed by atoms with Gasteiger partial charge in [-0.05, 0) is 42.5 Å². The van der Waals surface area contributed by atoms with E-state index in [-0.39, 0.29) is 0 Å². The Morgan fingerprint density at radius 3 is 2.67 bits per heavy atom. The fourth-order valence-corrected chi connectivity index (χ4v) is 2.76. The van der Waals surface area contributed by atoms with Gasteiger partial charge in [0.1, 0.15) is 17.5 Å². The summed E-state index contributed by atoms with van der Waals surface area (Å²) in [5.41, 5.74) is 8.61. The number of primary amides is 1. The van der Waals surface area contributed by atoms with Crippen molar-refractivity contribution in [1.82, 2.24) is 19.6 Å². The number of aromatic nitrogens is 4. The zero-order valence-electron chi connectivity index (χ0n) is 14.0. The molecule has 3 heterocycles. The van der Waals surface area contributed by atoms with Crippen molar-refractivity contribution in [3.63, 3.8) is 0 Å². The van der Waals surface area contributed by atoms with E-state index in [4.69, 9.17) is 22.1 Å². The molecule has 4 aromatic rings. The average molecular weight is 379 g/mol. The van der Waals surface area contributed by atoms with Crippen LogP contribution in [0.4, 0.5) is 0 Å². The van der Waals surface area contributed by atoms with Crippen LogP contribution < -0.4 is 10.5 Å². The molecule has 7 nitrogen and oxygen atoms in total. The van der Waals surface area contributed by atoms with Gasteiger partial charge in [-0.25, -0.2) is 14.5 Å². The molecule has 0 aliphatic rings. The van der Waals surface area contributed by atoms with E-state index < -0.39 is 5.91 Å². The van der Waals surface area contributed by atoms with Crippen molar-refractivity contribution in [2.75, 3.05) is 0 Å². The molecule has 0 bridgehead atoms. The molecule has 1 amide bonds. The number of halogens is 1. The summed E-state index contributed by atoms with van der Waals surface area (Å²) in [6.07, 6.45) is 4.19. The lowest BCUT2D eigenvalue weighted by Gasteiger charge is -2.09. The summed E-state index contributed by atoms with van der Waals surface area (Å²) in [6, 6.07) is 14.5. The zero-order valence-corrected chi connectivity index (χ0v) is 14.7. The Morgan fingerprint density at radius 1 is 1.15 bits per heavy atom. The molecule has 1 aromatic carbocycles. The Morgan fingerprint density at radius 2 is 1.96 bits per heavy atom. The molecular formula is C19H13ClN5O2. The maximum Gasteiger partial charge on any atom is 0.252 e. The van der Waals surface area contributed by atoms with Crippen LogP contribution in [0.3, 0.4) is 0 Å². The van der Waals surface area contributed by atoms with Crippen molar-refractivity contribution in [3.8, 4) is 17.0 Å². The SMILES string of the molecule is NC(=O)c1ccc(-c2ccc(OCc3ccc(Cl)nc3)cc2)n2n[c]nc12. The fourth-order valence-electron chi connectivity index (χ4n) is 2.65. The number of nitrogens with two attached hydrogens (primary N) is 1. The monoisotopic (exact) mass is 378 g/mol. The van der Waals surface area contributed by atoms with Crippen LogP contribution in [0, 0.1) is 6.33 Å². The van der Waals surface area contributed by atoms with Gasteiger partial charge < -0.3 is 10.5 Å². The molecule has 27 heavy (non-hydrogen) atoms. The summed E-state index contributed by atoms with van der Waals surface area (Å²) in [5.74, 6) is 0.150. The van der Waals surface area contributed by atoms with Gasteiger partial charge in [0.15, 0.2) is 5.65 Å². The summed E-state index contributed by atoms with van der Waals surface area (Å²) in [5, 5.41) is 4.51. The lowest BCUT2D eigenvalue weighted by molar-refractivity contribution is 0.100. The van der Waals surface area contributed by atoms with Gasteiger partial charge in [0.05, 0.1) is 11.3 Å². The highest BCUT2D eigenvalue weighted by Gasteiger charge is 2.13. The molecule has 0 fully saturated rings. The summed E-state index contributed by atoms with van der Waals surface area (Å²) >= 11 is 5.77. The molecule has 8 heteroatoms. The summed E-state index contributed by atoms with van der Waals surface area (Å²) in [7, 11) is 0. The first-order chi connectivity index (χ1) is 13.1. The molecule has 2 N–H and O–H groups in total. The van der Waals surface area contributed by atoms with Crippen LogP contribution >= 0.6 is 11.6 Å². The summed E-state index contributed by atoms with van der Waals surface area (Å²) < 4.78 is 7.30. The van der Waals surface area contributed by atoms with Gasteiger partial charge >= 0.3 is 0 Å². The van der Waals surface area contributed by atoms with Crippen molar-refractivity contribution < 1.29 is 9.53 Å². The third kappa shape index (κ3) is 3.45. The fraction of sp³-hybridized carbons (Fsp3) is 0.0526. The number of nitrogens with zero attached hydrogens (tertiary/aromatic N) is 4. The zero-order chi connectivity index (χ0) is 18.8. The third-order valence-corrected chi connectivity index (χ3v) is 4.21. The Balaban J connectivity index is 1.56. The van der Waals surface area contributed by atoms with E-state index in [1.807, 2.05) is 30.3 Å². The first-order valence-electron chi connectivity index (χ1n) is 8.01. The highest BCUT2D eigenvalue weighted by Crippen LogP contribution is 2.24. The lowest BCUT2D eigenvalue weighted by atomic mass is 10.1. The molecule has 133 valence electrons. The number of ether oxygens (including phenoxy) is 1. The van der Waals surface area contributed by atoms with Crippen LogP contribution in [0.15, 0.2) is 54.7 Å². The molecule has 4 rings (SSSR count). The van der Waals surface area contributed by atoms with E-state index in [1.54, 1.807) is 24.4 Å². The van der Waals surface area contributed by atoms with E-state index in [2.05, 4.69) is 21.4 Å². The second-order valence-corrected chi connectivity index (χ2v) is 6.13. The van der Waals surface area contributed by atoms with Crippen LogP contribution in [-0.2, 0) is 6.61 Å². The van der Waals surface area contributed by atoms with Crippen molar-refractivity contribution >= 4 is 23.2 Å². The maximum atomic E-state index is 11.5. The molecule has 0 spiro atoms. The Hall–Kier alpha value is -3.45. The lowest BCUT2D eigenvalue weighted by Crippen LogP contribution is -2.13. The van der Waals surface area contributed by atoms with Crippen molar-refractivity contribution in [1.29, 1.82) is 0 Å². The minimum Gasteiger partial charge on any atom is -0.489 e.